The summed E-state index contributed by atoms with van der Waals surface area (Å²) in [6.45, 7) is 1.61. The highest BCUT2D eigenvalue weighted by molar-refractivity contribution is 9.10. The molecule has 1 saturated heterocycles. The number of halogens is 1. The predicted octanol–water partition coefficient (Wildman–Crippen LogP) is 2.30. The van der Waals surface area contributed by atoms with Gasteiger partial charge in [0.2, 0.25) is 0 Å². The van der Waals surface area contributed by atoms with Gasteiger partial charge in [-0.25, -0.2) is 0 Å². The zero-order chi connectivity index (χ0) is 13.8. The Kier molecular flexibility index (Phi) is 4.82. The topological polar surface area (TPSA) is 49.8 Å². The van der Waals surface area contributed by atoms with E-state index in [9.17, 15) is 4.79 Å². The van der Waals surface area contributed by atoms with Crippen LogP contribution in [0.15, 0.2) is 22.7 Å². The van der Waals surface area contributed by atoms with Crippen LogP contribution in [0.3, 0.4) is 0 Å². The van der Waals surface area contributed by atoms with Crippen LogP contribution in [0.2, 0.25) is 0 Å². The Morgan fingerprint density at radius 1 is 1.47 bits per heavy atom. The molecule has 1 aromatic carbocycles. The first-order valence-electron chi connectivity index (χ1n) is 6.39. The number of methoxy groups -OCH3 is 1. The molecule has 2 rings (SSSR count). The number of carbonyl (C=O) groups is 1. The molecule has 0 spiro atoms. The van der Waals surface area contributed by atoms with Gasteiger partial charge in [0.05, 0.1) is 12.7 Å². The number of hydrogen-bond acceptors (Lipinski definition) is 3. The van der Waals surface area contributed by atoms with E-state index in [0.717, 1.165) is 17.3 Å². The van der Waals surface area contributed by atoms with Gasteiger partial charge in [0.25, 0.3) is 5.91 Å². The average Bonchev–Trinajstić information content (AvgIpc) is 2.46. The first-order chi connectivity index (χ1) is 9.15. The molecule has 1 amide bonds. The third-order valence-electron chi connectivity index (χ3n) is 3.55. The van der Waals surface area contributed by atoms with Crippen LogP contribution in [0.5, 0.6) is 5.75 Å². The lowest BCUT2D eigenvalue weighted by molar-refractivity contribution is 0.0647. The van der Waals surface area contributed by atoms with Crippen LogP contribution in [0.1, 0.15) is 23.2 Å². The van der Waals surface area contributed by atoms with Gasteiger partial charge in [-0.05, 0) is 37.0 Å². The Hall–Kier alpha value is -1.07. The highest BCUT2D eigenvalue weighted by atomic mass is 79.9. The summed E-state index contributed by atoms with van der Waals surface area (Å²) in [6, 6.07) is 5.42. The molecule has 1 fully saturated rings. The summed E-state index contributed by atoms with van der Waals surface area (Å²) in [5.74, 6) is 0.917. The number of carbonyl (C=O) groups excluding carboxylic acids is 1. The van der Waals surface area contributed by atoms with Crippen LogP contribution in [0.4, 0.5) is 0 Å². The zero-order valence-electron chi connectivity index (χ0n) is 10.9. The molecule has 19 heavy (non-hydrogen) atoms. The number of benzene rings is 1. The van der Waals surface area contributed by atoms with Crippen molar-refractivity contribution in [2.45, 2.75) is 12.8 Å². The number of aliphatic hydroxyl groups is 1. The fourth-order valence-corrected chi connectivity index (χ4v) is 2.67. The third-order valence-corrected chi connectivity index (χ3v) is 4.05. The molecule has 0 aliphatic carbocycles. The molecular weight excluding hydrogens is 310 g/mol. The smallest absolute Gasteiger partial charge is 0.257 e. The van der Waals surface area contributed by atoms with Gasteiger partial charge in [0.15, 0.2) is 0 Å². The largest absolute Gasteiger partial charge is 0.496 e. The number of piperidine rings is 1. The molecule has 1 aliphatic heterocycles. The summed E-state index contributed by atoms with van der Waals surface area (Å²) in [4.78, 5) is 14.3. The van der Waals surface area contributed by atoms with Crippen LogP contribution < -0.4 is 4.74 Å². The van der Waals surface area contributed by atoms with E-state index in [0.29, 0.717) is 30.3 Å². The van der Waals surface area contributed by atoms with Gasteiger partial charge >= 0.3 is 0 Å². The third kappa shape index (κ3) is 3.28. The van der Waals surface area contributed by atoms with Gasteiger partial charge in [-0.2, -0.15) is 0 Å². The average molecular weight is 328 g/mol. The Labute approximate surface area is 121 Å². The lowest BCUT2D eigenvalue weighted by Crippen LogP contribution is -2.39. The minimum atomic E-state index is 0.000685. The maximum absolute atomic E-state index is 12.5. The standard InChI is InChI=1S/C14H18BrNO3/c1-19-13-8-11(15)2-3-12(13)14(18)16-6-4-10(9-17)5-7-16/h2-3,8,10,17H,4-7,9H2,1H3. The minimum absolute atomic E-state index is 0.000685. The Morgan fingerprint density at radius 3 is 2.74 bits per heavy atom. The van der Waals surface area contributed by atoms with Crippen molar-refractivity contribution < 1.29 is 14.6 Å². The van der Waals surface area contributed by atoms with Gasteiger partial charge in [0.1, 0.15) is 5.75 Å². The number of amides is 1. The number of nitrogens with zero attached hydrogens (tertiary/aromatic N) is 1. The van der Waals surface area contributed by atoms with Crippen molar-refractivity contribution >= 4 is 21.8 Å². The van der Waals surface area contributed by atoms with Crippen molar-refractivity contribution in [2.24, 2.45) is 5.92 Å². The zero-order valence-corrected chi connectivity index (χ0v) is 12.5. The molecule has 5 heteroatoms. The molecule has 0 aromatic heterocycles. The summed E-state index contributed by atoms with van der Waals surface area (Å²) < 4.78 is 6.15. The monoisotopic (exact) mass is 327 g/mol. The van der Waals surface area contributed by atoms with E-state index >= 15 is 0 Å². The lowest BCUT2D eigenvalue weighted by Gasteiger charge is -2.31. The van der Waals surface area contributed by atoms with E-state index in [1.165, 1.54) is 0 Å². The molecule has 0 saturated carbocycles. The fourth-order valence-electron chi connectivity index (χ4n) is 2.33. The second kappa shape index (κ2) is 6.39. The Bertz CT molecular complexity index is 456. The van der Waals surface area contributed by atoms with Crippen LogP contribution in [0.25, 0.3) is 0 Å². The number of aliphatic hydroxyl groups excluding tert-OH is 1. The number of rotatable bonds is 3. The fraction of sp³-hybridized carbons (Fsp3) is 0.500. The van der Waals surface area contributed by atoms with Gasteiger partial charge in [0, 0.05) is 24.2 Å². The highest BCUT2D eigenvalue weighted by Gasteiger charge is 2.25. The molecule has 104 valence electrons. The molecule has 0 unspecified atom stereocenters. The Balaban J connectivity index is 2.12. The second-order valence-corrected chi connectivity index (χ2v) is 5.68. The van der Waals surface area contributed by atoms with Crippen molar-refractivity contribution in [3.8, 4) is 5.75 Å². The van der Waals surface area contributed by atoms with E-state index in [4.69, 9.17) is 9.84 Å². The van der Waals surface area contributed by atoms with Gasteiger partial charge < -0.3 is 14.7 Å². The molecule has 1 aromatic rings. The van der Waals surface area contributed by atoms with Gasteiger partial charge in [-0.3, -0.25) is 4.79 Å². The molecule has 0 radical (unpaired) electrons. The van der Waals surface area contributed by atoms with Crippen LogP contribution in [-0.2, 0) is 0 Å². The van der Waals surface area contributed by atoms with Crippen molar-refractivity contribution in [2.75, 3.05) is 26.8 Å². The minimum Gasteiger partial charge on any atom is -0.496 e. The number of likely N-dealkylation sites (tertiary alicyclic amines) is 1. The SMILES string of the molecule is COc1cc(Br)ccc1C(=O)N1CCC(CO)CC1. The summed E-state index contributed by atoms with van der Waals surface area (Å²) in [5.41, 5.74) is 0.591. The number of ether oxygens (including phenoxy) is 1. The maximum Gasteiger partial charge on any atom is 0.257 e. The summed E-state index contributed by atoms with van der Waals surface area (Å²) in [7, 11) is 1.57. The van der Waals surface area contributed by atoms with Crippen LogP contribution in [-0.4, -0.2) is 42.7 Å². The van der Waals surface area contributed by atoms with E-state index in [-0.39, 0.29) is 12.5 Å². The van der Waals surface area contributed by atoms with Crippen molar-refractivity contribution in [1.82, 2.24) is 4.90 Å². The molecule has 1 aliphatic rings. The Morgan fingerprint density at radius 2 is 2.16 bits per heavy atom. The number of hydrogen-bond donors (Lipinski definition) is 1. The molecule has 1 heterocycles. The molecule has 0 bridgehead atoms. The van der Waals surface area contributed by atoms with Crippen molar-refractivity contribution in [1.29, 1.82) is 0 Å². The van der Waals surface area contributed by atoms with Gasteiger partial charge in [-0.1, -0.05) is 15.9 Å². The van der Waals surface area contributed by atoms with Gasteiger partial charge in [-0.15, -0.1) is 0 Å². The summed E-state index contributed by atoms with van der Waals surface area (Å²) >= 11 is 3.37. The van der Waals surface area contributed by atoms with Crippen molar-refractivity contribution in [3.05, 3.63) is 28.2 Å². The molecule has 0 atom stereocenters. The maximum atomic E-state index is 12.5. The highest BCUT2D eigenvalue weighted by Crippen LogP contribution is 2.26. The lowest BCUT2D eigenvalue weighted by atomic mass is 9.97. The predicted molar refractivity (Wildman–Crippen MR) is 76.4 cm³/mol. The van der Waals surface area contributed by atoms with Crippen LogP contribution >= 0.6 is 15.9 Å². The molecule has 1 N–H and O–H groups in total. The molecule has 4 nitrogen and oxygen atoms in total. The van der Waals surface area contributed by atoms with E-state index in [1.807, 2.05) is 11.0 Å². The van der Waals surface area contributed by atoms with E-state index in [2.05, 4.69) is 15.9 Å². The first kappa shape index (κ1) is 14.3. The van der Waals surface area contributed by atoms with Crippen LogP contribution in [0, 0.1) is 5.92 Å². The van der Waals surface area contributed by atoms with Crippen molar-refractivity contribution in [3.63, 3.8) is 0 Å². The normalized spacial score (nSPS) is 16.5. The summed E-state index contributed by atoms with van der Waals surface area (Å²) in [5, 5.41) is 9.12. The van der Waals surface area contributed by atoms with E-state index in [1.54, 1.807) is 19.2 Å². The molecular formula is C14H18BrNO3. The first-order valence-corrected chi connectivity index (χ1v) is 7.18. The van der Waals surface area contributed by atoms with E-state index < -0.39 is 0 Å². The summed E-state index contributed by atoms with van der Waals surface area (Å²) in [6.07, 6.45) is 1.72. The quantitative estimate of drug-likeness (QED) is 0.926. The second-order valence-electron chi connectivity index (χ2n) is 4.76.